The summed E-state index contributed by atoms with van der Waals surface area (Å²) in [5, 5.41) is -0.0439. The molecule has 15 heteroatoms. The minimum Gasteiger partial charge on any atom is -0.545 e. The maximum Gasteiger partial charge on any atom is 0.642 e. The lowest BCUT2D eigenvalue weighted by Crippen LogP contribution is -2.39. The largest absolute Gasteiger partial charge is 0.642 e. The minimum absolute atomic E-state index is 0.0439. The lowest BCUT2D eigenvalue weighted by Gasteiger charge is -2.17. The molecular formula is C16H9AlB2F10O2. The van der Waals surface area contributed by atoms with Gasteiger partial charge in [-0.25, -0.2) is 43.9 Å². The standard InChI is InChI=1S/2C6BF5O.C4H9.Al/c2*8-2-1(7-13)3(9)5(11)6(12)4(2)10;1-4(2)3;/h;;4H,1H2,2-3H3;/q2*-1;;+2. The fraction of sp³-hybridized carbons (Fsp3) is 0.250. The van der Waals surface area contributed by atoms with E-state index in [1.807, 2.05) is 0 Å². The van der Waals surface area contributed by atoms with Crippen LogP contribution < -0.4 is 10.9 Å². The average Bonchev–Trinajstić information content (AvgIpc) is 2.72. The number of hydrogen-bond donors (Lipinski definition) is 0. The maximum atomic E-state index is 13.7. The van der Waals surface area contributed by atoms with Crippen molar-refractivity contribution in [1.29, 1.82) is 0 Å². The fourth-order valence-corrected chi connectivity index (χ4v) is 3.90. The molecule has 0 saturated heterocycles. The van der Waals surface area contributed by atoms with Crippen molar-refractivity contribution in [2.24, 2.45) is 5.92 Å². The zero-order chi connectivity index (χ0) is 23.6. The first-order chi connectivity index (χ1) is 14.4. The van der Waals surface area contributed by atoms with Crippen LogP contribution in [-0.2, 0) is 7.41 Å². The van der Waals surface area contributed by atoms with E-state index in [4.69, 9.17) is 7.41 Å². The zero-order valence-electron chi connectivity index (χ0n) is 15.6. The smallest absolute Gasteiger partial charge is 0.545 e. The quantitative estimate of drug-likeness (QED) is 0.254. The van der Waals surface area contributed by atoms with E-state index in [0.717, 1.165) is 0 Å². The van der Waals surface area contributed by atoms with Gasteiger partial charge in [-0.2, -0.15) is 0 Å². The van der Waals surface area contributed by atoms with Crippen molar-refractivity contribution in [1.82, 2.24) is 0 Å². The van der Waals surface area contributed by atoms with E-state index in [1.54, 1.807) is 13.8 Å². The Morgan fingerprint density at radius 1 is 0.548 bits per heavy atom. The van der Waals surface area contributed by atoms with E-state index in [0.29, 0.717) is 0 Å². The lowest BCUT2D eigenvalue weighted by molar-refractivity contribution is 0.380. The Labute approximate surface area is 175 Å². The van der Waals surface area contributed by atoms with E-state index in [1.165, 1.54) is 0 Å². The third-order valence-electron chi connectivity index (χ3n) is 3.83. The van der Waals surface area contributed by atoms with Crippen LogP contribution in [0.1, 0.15) is 13.8 Å². The number of benzene rings is 2. The van der Waals surface area contributed by atoms with Crippen molar-refractivity contribution in [3.05, 3.63) is 58.2 Å². The third kappa shape index (κ3) is 5.39. The molecular weight excluding hydrogens is 463 g/mol. The highest BCUT2D eigenvalue weighted by molar-refractivity contribution is 6.65. The molecule has 31 heavy (non-hydrogen) atoms. The summed E-state index contributed by atoms with van der Waals surface area (Å²) in [7, 11) is 0.365. The molecule has 2 radical (unpaired) electrons. The van der Waals surface area contributed by atoms with Crippen molar-refractivity contribution < 1.29 is 51.3 Å². The van der Waals surface area contributed by atoms with E-state index >= 15 is 0 Å². The molecule has 0 aliphatic carbocycles. The molecule has 0 amide bonds. The third-order valence-corrected chi connectivity index (χ3v) is 6.03. The van der Waals surface area contributed by atoms with Gasteiger partial charge in [0.05, 0.1) is 0 Å². The molecule has 164 valence electrons. The summed E-state index contributed by atoms with van der Waals surface area (Å²) in [6.45, 7) is 3.20. The van der Waals surface area contributed by atoms with Gasteiger partial charge in [0, 0.05) is 10.9 Å². The summed E-state index contributed by atoms with van der Waals surface area (Å²) < 4.78 is 144. The number of rotatable bonds is 8. The maximum absolute atomic E-state index is 13.7. The first kappa shape index (κ1) is 25.6. The highest BCUT2D eigenvalue weighted by Crippen LogP contribution is 2.18. The highest BCUT2D eigenvalue weighted by atomic mass is 27.2. The second kappa shape index (κ2) is 10.3. The molecule has 0 aliphatic rings. The summed E-state index contributed by atoms with van der Waals surface area (Å²) >= 11 is -3.26. The van der Waals surface area contributed by atoms with Crippen molar-refractivity contribution in [3.8, 4) is 0 Å². The lowest BCUT2D eigenvalue weighted by atomic mass is 9.87. The molecule has 0 spiro atoms. The molecule has 0 atom stereocenters. The minimum atomic E-state index is -3.26. The molecule has 2 aromatic carbocycles. The summed E-state index contributed by atoms with van der Waals surface area (Å²) in [6, 6.07) is 0. The van der Waals surface area contributed by atoms with Crippen LogP contribution in [0.4, 0.5) is 43.9 Å². The van der Waals surface area contributed by atoms with Gasteiger partial charge in [0.15, 0.2) is 58.2 Å². The second-order valence-electron chi connectivity index (χ2n) is 6.53. The topological polar surface area (TPSA) is 18.5 Å². The van der Waals surface area contributed by atoms with E-state index in [9.17, 15) is 43.9 Å². The van der Waals surface area contributed by atoms with Gasteiger partial charge in [-0.15, -0.1) is 0 Å². The first-order valence-corrected chi connectivity index (χ1v) is 10.1. The second-order valence-corrected chi connectivity index (χ2v) is 8.41. The van der Waals surface area contributed by atoms with Gasteiger partial charge in [-0.1, -0.05) is 19.8 Å². The van der Waals surface area contributed by atoms with Gasteiger partial charge < -0.3 is 7.41 Å². The summed E-state index contributed by atoms with van der Waals surface area (Å²) in [4.78, 5) is 0. The van der Waals surface area contributed by atoms with Crippen LogP contribution in [0.25, 0.3) is 0 Å². The Kier molecular flexibility index (Phi) is 8.49. The van der Waals surface area contributed by atoms with Crippen LogP contribution in [0.3, 0.4) is 0 Å². The Hall–Kier alpha value is -1.68. The van der Waals surface area contributed by atoms with Crippen LogP contribution in [0.2, 0.25) is 5.28 Å². The molecule has 2 nitrogen and oxygen atoms in total. The van der Waals surface area contributed by atoms with Crippen LogP contribution in [0.5, 0.6) is 0 Å². The SMILES string of the molecule is CC(C)[CH2][Al]([O][B]c1c(F)c(F)c(F)c(F)c1F)[O][B]c1c(F)c(F)c(F)c(F)c1F. The van der Waals surface area contributed by atoms with Gasteiger partial charge in [0.2, 0.25) is 0 Å². The monoisotopic (exact) mass is 472 g/mol. The average molecular weight is 472 g/mol. The Bertz CT molecular complexity index is 860. The molecule has 0 aromatic heterocycles. The molecule has 2 rings (SSSR count). The normalized spacial score (nSPS) is 11.3. The van der Waals surface area contributed by atoms with E-state index < -0.39 is 83.9 Å². The van der Waals surface area contributed by atoms with Crippen molar-refractivity contribution in [3.63, 3.8) is 0 Å². The van der Waals surface area contributed by atoms with Crippen molar-refractivity contribution in [2.75, 3.05) is 0 Å². The van der Waals surface area contributed by atoms with Gasteiger partial charge in [0.1, 0.15) is 0 Å². The predicted octanol–water partition coefficient (Wildman–Crippen LogP) is 3.44. The first-order valence-electron chi connectivity index (χ1n) is 8.38. The summed E-state index contributed by atoms with van der Waals surface area (Å²) in [6.07, 6.45) is 0. The predicted molar refractivity (Wildman–Crippen MR) is 90.8 cm³/mol. The van der Waals surface area contributed by atoms with E-state index in [2.05, 4.69) is 0 Å². The zero-order valence-corrected chi connectivity index (χ0v) is 16.8. The Morgan fingerprint density at radius 2 is 0.806 bits per heavy atom. The fourth-order valence-electron chi connectivity index (χ4n) is 2.27. The molecule has 2 aromatic rings. The molecule has 0 saturated carbocycles. The molecule has 0 fully saturated rings. The number of hydrogen-bond acceptors (Lipinski definition) is 2. The summed E-state index contributed by atoms with van der Waals surface area (Å²) in [5.74, 6) is -22.8. The highest BCUT2D eigenvalue weighted by Gasteiger charge is 2.33. The van der Waals surface area contributed by atoms with Crippen LogP contribution in [0.15, 0.2) is 0 Å². The van der Waals surface area contributed by atoms with Gasteiger partial charge >= 0.3 is 29.8 Å². The van der Waals surface area contributed by atoms with Crippen molar-refractivity contribution in [2.45, 2.75) is 19.1 Å². The number of halogens is 10. The van der Waals surface area contributed by atoms with Crippen LogP contribution >= 0.6 is 0 Å². The van der Waals surface area contributed by atoms with Crippen LogP contribution in [0, 0.1) is 64.1 Å². The molecule has 0 unspecified atom stereocenters. The Balaban J connectivity index is 2.24. The molecule has 0 aliphatic heterocycles. The van der Waals surface area contributed by atoms with Crippen molar-refractivity contribution >= 4 is 40.7 Å². The van der Waals surface area contributed by atoms with Gasteiger partial charge in [-0.3, -0.25) is 0 Å². The van der Waals surface area contributed by atoms with E-state index in [-0.39, 0.29) is 26.2 Å². The molecule has 0 N–H and O–H groups in total. The summed E-state index contributed by atoms with van der Waals surface area (Å²) in [5.41, 5.74) is -2.87. The van der Waals surface area contributed by atoms with Gasteiger partial charge in [0.25, 0.3) is 0 Å². The molecule has 0 heterocycles. The molecule has 0 bridgehead atoms. The van der Waals surface area contributed by atoms with Gasteiger partial charge in [-0.05, 0) is 5.28 Å². The van der Waals surface area contributed by atoms with Crippen LogP contribution in [-0.4, -0.2) is 29.8 Å². The Morgan fingerprint density at radius 3 is 1.06 bits per heavy atom.